The van der Waals surface area contributed by atoms with Crippen LogP contribution in [-0.4, -0.2) is 41.9 Å². The second-order valence-corrected chi connectivity index (χ2v) is 10.4. The zero-order valence-corrected chi connectivity index (χ0v) is 22.2. The van der Waals surface area contributed by atoms with Crippen LogP contribution in [0.4, 0.5) is 4.39 Å². The minimum Gasteiger partial charge on any atom is -0.494 e. The van der Waals surface area contributed by atoms with Crippen molar-refractivity contribution < 1.29 is 27.4 Å². The number of aromatic hydroxyl groups is 1. The van der Waals surface area contributed by atoms with Gasteiger partial charge in [-0.15, -0.1) is 0 Å². The molecule has 0 aliphatic heterocycles. The third-order valence-electron chi connectivity index (χ3n) is 6.05. The Balaban J connectivity index is 1.93. The fraction of sp³-hybridized carbons (Fsp3) is 0.222. The molecule has 0 radical (unpaired) electrons. The third-order valence-corrected chi connectivity index (χ3v) is 7.83. The van der Waals surface area contributed by atoms with E-state index in [1.807, 2.05) is 6.92 Å². The molecule has 0 amide bonds. The van der Waals surface area contributed by atoms with Gasteiger partial charge < -0.3 is 14.6 Å². The van der Waals surface area contributed by atoms with E-state index < -0.39 is 37.5 Å². The molecular formula is C27H26FN3O7S. The molecule has 10 nitrogen and oxygen atoms in total. The first-order chi connectivity index (χ1) is 18.6. The molecule has 204 valence electrons. The summed E-state index contributed by atoms with van der Waals surface area (Å²) in [4.78, 5) is 28.0. The van der Waals surface area contributed by atoms with Crippen molar-refractivity contribution in [1.82, 2.24) is 14.1 Å². The van der Waals surface area contributed by atoms with Crippen LogP contribution in [0.2, 0.25) is 0 Å². The second kappa shape index (κ2) is 11.1. The van der Waals surface area contributed by atoms with Crippen molar-refractivity contribution in [2.45, 2.75) is 36.0 Å². The van der Waals surface area contributed by atoms with Crippen molar-refractivity contribution in [1.29, 1.82) is 0 Å². The first-order valence-electron chi connectivity index (χ1n) is 11.9. The van der Waals surface area contributed by atoms with Crippen LogP contribution in [0.25, 0.3) is 11.4 Å². The zero-order chi connectivity index (χ0) is 28.3. The number of ether oxygens (including phenoxy) is 2. The smallest absolute Gasteiger partial charge is 0.296 e. The summed E-state index contributed by atoms with van der Waals surface area (Å²) in [5.74, 6) is -0.879. The Hall–Kier alpha value is -4.45. The monoisotopic (exact) mass is 555 g/mol. The van der Waals surface area contributed by atoms with Crippen molar-refractivity contribution in [3.63, 3.8) is 0 Å². The number of hydrogen-bond acceptors (Lipinski definition) is 8. The summed E-state index contributed by atoms with van der Waals surface area (Å²) in [6, 6.07) is 11.8. The number of sulfone groups is 1. The average molecular weight is 556 g/mol. The number of unbranched alkanes of at least 4 members (excludes halogenated alkanes) is 1. The topological polar surface area (TPSA) is 130 Å². The molecule has 4 aromatic rings. The molecule has 0 aliphatic rings. The third kappa shape index (κ3) is 5.15. The molecule has 2 heterocycles. The minimum absolute atomic E-state index is 0.127. The summed E-state index contributed by atoms with van der Waals surface area (Å²) in [6.07, 6.45) is 2.59. The summed E-state index contributed by atoms with van der Waals surface area (Å²) < 4.78 is 54.0. The minimum atomic E-state index is -4.61. The maximum Gasteiger partial charge on any atom is 0.296 e. The first kappa shape index (κ1) is 27.6. The number of para-hydroxylation sites is 1. The van der Waals surface area contributed by atoms with E-state index in [1.165, 1.54) is 26.4 Å². The number of aryl methyl sites for hydroxylation is 1. The molecule has 0 saturated carbocycles. The molecule has 0 bridgehead atoms. The van der Waals surface area contributed by atoms with Gasteiger partial charge in [-0.25, -0.2) is 12.8 Å². The fourth-order valence-corrected chi connectivity index (χ4v) is 5.47. The van der Waals surface area contributed by atoms with Crippen LogP contribution >= 0.6 is 0 Å². The Morgan fingerprint density at radius 1 is 0.974 bits per heavy atom. The van der Waals surface area contributed by atoms with Gasteiger partial charge in [0, 0.05) is 24.4 Å². The van der Waals surface area contributed by atoms with Gasteiger partial charge in [0.2, 0.25) is 15.7 Å². The zero-order valence-electron chi connectivity index (χ0n) is 21.4. The molecule has 2 aromatic heterocycles. The molecular weight excluding hydrogens is 529 g/mol. The Labute approximate surface area is 223 Å². The largest absolute Gasteiger partial charge is 0.494 e. The summed E-state index contributed by atoms with van der Waals surface area (Å²) in [5, 5.41) is 11.4. The standard InChI is InChI=1S/C27H26FN3O7S/c1-4-5-9-22-29-26(33)25(27(34)31(22)24-20(37-2)7-6-8-21(24)38-3)39(35,36)19-13-11-18(12-14-19)30-16-17(28)10-15-23(30)32/h6-8,10-16,34H,4-5,9H2,1-3H3. The number of aromatic nitrogens is 3. The Morgan fingerprint density at radius 2 is 1.62 bits per heavy atom. The van der Waals surface area contributed by atoms with Crippen LogP contribution in [0.3, 0.4) is 0 Å². The molecule has 0 spiro atoms. The van der Waals surface area contributed by atoms with Gasteiger partial charge in [0.1, 0.15) is 28.8 Å². The van der Waals surface area contributed by atoms with Crippen molar-refractivity contribution in [3.05, 3.63) is 93.1 Å². The van der Waals surface area contributed by atoms with Gasteiger partial charge in [-0.3, -0.25) is 18.7 Å². The van der Waals surface area contributed by atoms with Crippen molar-refractivity contribution in [2.24, 2.45) is 0 Å². The molecule has 0 atom stereocenters. The summed E-state index contributed by atoms with van der Waals surface area (Å²) in [6.45, 7) is 1.94. The number of methoxy groups -OCH3 is 2. The molecule has 0 aliphatic carbocycles. The van der Waals surface area contributed by atoms with Crippen molar-refractivity contribution >= 4 is 9.84 Å². The SMILES string of the molecule is CCCCc1nc(=O)c(S(=O)(=O)c2ccc(-n3cc(F)ccc3=O)cc2)c(O)n1-c1c(OC)cccc1OC. The fourth-order valence-electron chi connectivity index (χ4n) is 4.13. The predicted octanol–water partition coefficient (Wildman–Crippen LogP) is 3.42. The van der Waals surface area contributed by atoms with Gasteiger partial charge in [-0.05, 0) is 48.9 Å². The van der Waals surface area contributed by atoms with E-state index >= 15 is 0 Å². The maximum absolute atomic E-state index is 13.7. The summed E-state index contributed by atoms with van der Waals surface area (Å²) >= 11 is 0. The molecule has 12 heteroatoms. The van der Waals surface area contributed by atoms with Crippen LogP contribution in [0.5, 0.6) is 17.4 Å². The van der Waals surface area contributed by atoms with Gasteiger partial charge in [0.25, 0.3) is 11.1 Å². The number of nitrogens with zero attached hydrogens (tertiary/aromatic N) is 3. The molecule has 0 saturated heterocycles. The van der Waals surface area contributed by atoms with Crippen molar-refractivity contribution in [2.75, 3.05) is 14.2 Å². The van der Waals surface area contributed by atoms with E-state index in [2.05, 4.69) is 4.98 Å². The molecule has 0 unspecified atom stereocenters. The Kier molecular flexibility index (Phi) is 7.86. The highest BCUT2D eigenvalue weighted by Gasteiger charge is 2.31. The van der Waals surface area contributed by atoms with E-state index in [1.54, 1.807) is 18.2 Å². The van der Waals surface area contributed by atoms with Crippen LogP contribution in [-0.2, 0) is 16.3 Å². The lowest BCUT2D eigenvalue weighted by Crippen LogP contribution is -2.25. The van der Waals surface area contributed by atoms with E-state index in [4.69, 9.17) is 9.47 Å². The van der Waals surface area contributed by atoms with Crippen molar-refractivity contribution in [3.8, 4) is 28.8 Å². The van der Waals surface area contributed by atoms with Gasteiger partial charge in [-0.1, -0.05) is 19.4 Å². The lowest BCUT2D eigenvalue weighted by molar-refractivity contribution is 0.374. The Bertz CT molecular complexity index is 1720. The van der Waals surface area contributed by atoms with Crippen LogP contribution < -0.4 is 20.6 Å². The predicted molar refractivity (Wildman–Crippen MR) is 141 cm³/mol. The van der Waals surface area contributed by atoms with Crippen LogP contribution in [0, 0.1) is 5.82 Å². The first-order valence-corrected chi connectivity index (χ1v) is 13.4. The highest BCUT2D eigenvalue weighted by Crippen LogP contribution is 2.38. The Morgan fingerprint density at radius 3 is 2.21 bits per heavy atom. The highest BCUT2D eigenvalue weighted by molar-refractivity contribution is 7.91. The summed E-state index contributed by atoms with van der Waals surface area (Å²) in [5.41, 5.74) is -1.28. The molecule has 4 rings (SSSR count). The number of rotatable bonds is 9. The lowest BCUT2D eigenvalue weighted by Gasteiger charge is -2.21. The number of hydrogen-bond donors (Lipinski definition) is 1. The van der Waals surface area contributed by atoms with Crippen LogP contribution in [0.1, 0.15) is 25.6 Å². The molecule has 0 fully saturated rings. The van der Waals surface area contributed by atoms with Gasteiger partial charge in [0.15, 0.2) is 4.90 Å². The molecule has 39 heavy (non-hydrogen) atoms. The molecule has 2 aromatic carbocycles. The lowest BCUT2D eigenvalue weighted by atomic mass is 10.2. The second-order valence-electron chi connectivity index (χ2n) is 8.49. The maximum atomic E-state index is 13.7. The van der Waals surface area contributed by atoms with Gasteiger partial charge >= 0.3 is 0 Å². The van der Waals surface area contributed by atoms with E-state index in [0.29, 0.717) is 6.42 Å². The van der Waals surface area contributed by atoms with E-state index in [0.717, 1.165) is 46.0 Å². The quantitative estimate of drug-likeness (QED) is 0.333. The van der Waals surface area contributed by atoms with Gasteiger partial charge in [-0.2, -0.15) is 4.98 Å². The molecule has 1 N–H and O–H groups in total. The van der Waals surface area contributed by atoms with Crippen LogP contribution in [0.15, 0.2) is 80.2 Å². The number of halogens is 1. The van der Waals surface area contributed by atoms with E-state index in [-0.39, 0.29) is 40.0 Å². The average Bonchev–Trinajstić information content (AvgIpc) is 2.92. The number of pyridine rings is 1. The highest BCUT2D eigenvalue weighted by atomic mass is 32.2. The summed E-state index contributed by atoms with van der Waals surface area (Å²) in [7, 11) is -1.81. The van der Waals surface area contributed by atoms with E-state index in [9.17, 15) is 27.5 Å². The number of benzene rings is 2. The normalized spacial score (nSPS) is 11.4. The van der Waals surface area contributed by atoms with Gasteiger partial charge in [0.05, 0.1) is 19.1 Å².